The summed E-state index contributed by atoms with van der Waals surface area (Å²) in [5, 5.41) is 0.837. The van der Waals surface area contributed by atoms with E-state index >= 15 is 0 Å². The fourth-order valence-electron chi connectivity index (χ4n) is 0.665. The van der Waals surface area contributed by atoms with Crippen LogP contribution < -0.4 is 0 Å². The lowest BCUT2D eigenvalue weighted by molar-refractivity contribution is 0.0500. The molecule has 0 aliphatic heterocycles. The van der Waals surface area contributed by atoms with E-state index in [2.05, 4.69) is 25.9 Å². The highest BCUT2D eigenvalue weighted by Gasteiger charge is 2.06. The first kappa shape index (κ1) is 9.25. The second kappa shape index (κ2) is 4.92. The van der Waals surface area contributed by atoms with Gasteiger partial charge in [-0.15, -0.1) is 0 Å². The van der Waals surface area contributed by atoms with E-state index in [1.165, 1.54) is 12.5 Å². The maximum atomic E-state index is 11.1. The molecular weight excluding hydrogens is 224 g/mol. The van der Waals surface area contributed by atoms with Gasteiger partial charge in [-0.05, 0) is 6.42 Å². The van der Waals surface area contributed by atoms with Gasteiger partial charge in [-0.1, -0.05) is 15.9 Å². The molecule has 1 rings (SSSR count). The molecule has 0 radical (unpaired) electrons. The van der Waals surface area contributed by atoms with Crippen LogP contribution in [0.2, 0.25) is 0 Å². The van der Waals surface area contributed by atoms with E-state index in [1.54, 1.807) is 0 Å². The number of ether oxygens (including phenoxy) is 1. The zero-order valence-electron chi connectivity index (χ0n) is 6.42. The molecule has 1 heterocycles. The van der Waals surface area contributed by atoms with E-state index in [-0.39, 0.29) is 5.97 Å². The fourth-order valence-corrected chi connectivity index (χ4v) is 0.894. The first-order valence-corrected chi connectivity index (χ1v) is 4.68. The summed E-state index contributed by atoms with van der Waals surface area (Å²) in [5.41, 5.74) is 0.393. The third-order valence-electron chi connectivity index (χ3n) is 1.23. The van der Waals surface area contributed by atoms with Crippen molar-refractivity contribution < 1.29 is 9.53 Å². The molecule has 0 amide bonds. The standard InChI is InChI=1S/C7H9BrN2O2/c8-2-1-3-12-7(11)6-4-9-5-10-6/h4-5H,1-3H2,(H,9,10). The van der Waals surface area contributed by atoms with Crippen LogP contribution in [0.25, 0.3) is 0 Å². The molecule has 0 bridgehead atoms. The van der Waals surface area contributed by atoms with Crippen molar-refractivity contribution in [3.8, 4) is 0 Å². The number of nitrogens with zero attached hydrogens (tertiary/aromatic N) is 1. The number of imidazole rings is 1. The predicted molar refractivity (Wildman–Crippen MR) is 47.3 cm³/mol. The lowest BCUT2D eigenvalue weighted by Gasteiger charge is -1.99. The number of H-pyrrole nitrogens is 1. The van der Waals surface area contributed by atoms with Crippen LogP contribution in [0, 0.1) is 0 Å². The molecule has 1 N–H and O–H groups in total. The van der Waals surface area contributed by atoms with E-state index in [4.69, 9.17) is 4.74 Å². The van der Waals surface area contributed by atoms with Crippen LogP contribution in [0.4, 0.5) is 0 Å². The predicted octanol–water partition coefficient (Wildman–Crippen LogP) is 1.35. The van der Waals surface area contributed by atoms with Crippen LogP contribution in [0.1, 0.15) is 16.9 Å². The molecule has 0 aliphatic rings. The maximum absolute atomic E-state index is 11.1. The van der Waals surface area contributed by atoms with Gasteiger partial charge in [-0.2, -0.15) is 0 Å². The number of carbonyl (C=O) groups is 1. The highest BCUT2D eigenvalue weighted by molar-refractivity contribution is 9.09. The molecule has 0 atom stereocenters. The van der Waals surface area contributed by atoms with Crippen molar-refractivity contribution in [3.05, 3.63) is 18.2 Å². The molecule has 5 heteroatoms. The van der Waals surface area contributed by atoms with Gasteiger partial charge >= 0.3 is 5.97 Å². The maximum Gasteiger partial charge on any atom is 0.356 e. The van der Waals surface area contributed by atoms with Crippen molar-refractivity contribution >= 4 is 21.9 Å². The van der Waals surface area contributed by atoms with Gasteiger partial charge < -0.3 is 9.72 Å². The van der Waals surface area contributed by atoms with Crippen molar-refractivity contribution in [3.63, 3.8) is 0 Å². The molecule has 0 fully saturated rings. The highest BCUT2D eigenvalue weighted by Crippen LogP contribution is 1.96. The summed E-state index contributed by atoms with van der Waals surface area (Å²) in [7, 11) is 0. The van der Waals surface area contributed by atoms with Gasteiger partial charge in [0.05, 0.1) is 19.1 Å². The molecule has 0 saturated carbocycles. The van der Waals surface area contributed by atoms with Crippen LogP contribution >= 0.6 is 15.9 Å². The molecule has 0 saturated heterocycles. The molecule has 0 spiro atoms. The minimum atomic E-state index is -0.353. The summed E-state index contributed by atoms with van der Waals surface area (Å²) >= 11 is 3.24. The number of halogens is 1. The van der Waals surface area contributed by atoms with Gasteiger partial charge in [-0.3, -0.25) is 0 Å². The van der Waals surface area contributed by atoms with Gasteiger partial charge in [0.25, 0.3) is 0 Å². The average molecular weight is 233 g/mol. The number of nitrogens with one attached hydrogen (secondary N) is 1. The average Bonchev–Trinajstić information content (AvgIpc) is 2.56. The Morgan fingerprint density at radius 2 is 2.58 bits per heavy atom. The first-order chi connectivity index (χ1) is 5.84. The van der Waals surface area contributed by atoms with Crippen molar-refractivity contribution in [2.45, 2.75) is 6.42 Å². The normalized spacial score (nSPS) is 9.75. The van der Waals surface area contributed by atoms with Crippen molar-refractivity contribution in [1.29, 1.82) is 0 Å². The van der Waals surface area contributed by atoms with E-state index in [1.807, 2.05) is 0 Å². The van der Waals surface area contributed by atoms with E-state index in [0.29, 0.717) is 12.3 Å². The van der Waals surface area contributed by atoms with Crippen molar-refractivity contribution in [2.24, 2.45) is 0 Å². The number of esters is 1. The number of rotatable bonds is 4. The second-order valence-electron chi connectivity index (χ2n) is 2.14. The summed E-state index contributed by atoms with van der Waals surface area (Å²) in [4.78, 5) is 17.4. The zero-order chi connectivity index (χ0) is 8.81. The fraction of sp³-hybridized carbons (Fsp3) is 0.429. The van der Waals surface area contributed by atoms with Gasteiger partial charge in [0.2, 0.25) is 0 Å². The van der Waals surface area contributed by atoms with Gasteiger partial charge in [0.1, 0.15) is 5.69 Å². The van der Waals surface area contributed by atoms with Gasteiger partial charge in [0.15, 0.2) is 0 Å². The van der Waals surface area contributed by atoms with Crippen molar-refractivity contribution in [2.75, 3.05) is 11.9 Å². The van der Waals surface area contributed by atoms with Crippen LogP contribution in [-0.2, 0) is 4.74 Å². The molecule has 12 heavy (non-hydrogen) atoms. The quantitative estimate of drug-likeness (QED) is 0.485. The summed E-state index contributed by atoms with van der Waals surface area (Å²) < 4.78 is 4.89. The topological polar surface area (TPSA) is 55.0 Å². The van der Waals surface area contributed by atoms with Gasteiger partial charge in [0, 0.05) is 5.33 Å². The molecule has 1 aromatic rings. The Morgan fingerprint density at radius 1 is 1.75 bits per heavy atom. The number of hydrogen-bond donors (Lipinski definition) is 1. The summed E-state index contributed by atoms with van der Waals surface area (Å²) in [6, 6.07) is 0. The Hall–Kier alpha value is -0.840. The third-order valence-corrected chi connectivity index (χ3v) is 1.79. The lowest BCUT2D eigenvalue weighted by atomic mass is 10.5. The minimum absolute atomic E-state index is 0.353. The molecular formula is C7H9BrN2O2. The number of aromatic amines is 1. The third kappa shape index (κ3) is 2.65. The highest BCUT2D eigenvalue weighted by atomic mass is 79.9. The largest absolute Gasteiger partial charge is 0.461 e. The Bertz CT molecular complexity index is 236. The van der Waals surface area contributed by atoms with E-state index in [9.17, 15) is 4.79 Å². The Morgan fingerprint density at radius 3 is 3.17 bits per heavy atom. The molecule has 0 aromatic carbocycles. The minimum Gasteiger partial charge on any atom is -0.461 e. The van der Waals surface area contributed by atoms with Crippen LogP contribution in [0.3, 0.4) is 0 Å². The molecule has 0 unspecified atom stereocenters. The summed E-state index contributed by atoms with van der Waals surface area (Å²) in [6.07, 6.45) is 3.71. The summed E-state index contributed by atoms with van der Waals surface area (Å²) in [5.74, 6) is -0.353. The smallest absolute Gasteiger partial charge is 0.356 e. The number of carbonyl (C=O) groups excluding carboxylic acids is 1. The number of alkyl halides is 1. The van der Waals surface area contributed by atoms with Crippen LogP contribution in [0.5, 0.6) is 0 Å². The second-order valence-corrected chi connectivity index (χ2v) is 2.94. The Balaban J connectivity index is 2.30. The Labute approximate surface area is 78.5 Å². The lowest BCUT2D eigenvalue weighted by Crippen LogP contribution is -2.06. The molecule has 66 valence electrons. The monoisotopic (exact) mass is 232 g/mol. The van der Waals surface area contributed by atoms with E-state index < -0.39 is 0 Å². The van der Waals surface area contributed by atoms with Gasteiger partial charge in [-0.25, -0.2) is 9.78 Å². The molecule has 4 nitrogen and oxygen atoms in total. The zero-order valence-corrected chi connectivity index (χ0v) is 8.00. The number of hydrogen-bond acceptors (Lipinski definition) is 3. The Kier molecular flexibility index (Phi) is 3.79. The molecule has 0 aliphatic carbocycles. The van der Waals surface area contributed by atoms with Crippen molar-refractivity contribution in [1.82, 2.24) is 9.97 Å². The number of aromatic nitrogens is 2. The first-order valence-electron chi connectivity index (χ1n) is 3.56. The molecule has 1 aromatic heterocycles. The van der Waals surface area contributed by atoms with E-state index in [0.717, 1.165) is 11.8 Å². The SMILES string of the molecule is O=C(OCCCBr)c1cnc[nH]1. The van der Waals surface area contributed by atoms with Crippen LogP contribution in [0.15, 0.2) is 12.5 Å². The summed E-state index contributed by atoms with van der Waals surface area (Å²) in [6.45, 7) is 0.434. The van der Waals surface area contributed by atoms with Crippen LogP contribution in [-0.4, -0.2) is 27.9 Å².